The molecule has 0 aliphatic heterocycles. The van der Waals surface area contributed by atoms with E-state index < -0.39 is 5.82 Å². The molecule has 1 amide bonds. The van der Waals surface area contributed by atoms with Gasteiger partial charge in [-0.3, -0.25) is 4.79 Å². The third-order valence-corrected chi connectivity index (χ3v) is 2.98. The minimum atomic E-state index is -0.472. The van der Waals surface area contributed by atoms with Crippen LogP contribution in [0.15, 0.2) is 18.2 Å². The van der Waals surface area contributed by atoms with Gasteiger partial charge in [0.15, 0.2) is 0 Å². The molecule has 0 heterocycles. The minimum Gasteiger partial charge on any atom is -0.330 e. The van der Waals surface area contributed by atoms with Gasteiger partial charge in [-0.25, -0.2) is 4.39 Å². The van der Waals surface area contributed by atoms with Crippen LogP contribution in [-0.2, 0) is 4.79 Å². The Morgan fingerprint density at radius 3 is 2.63 bits per heavy atom. The largest absolute Gasteiger partial charge is 0.330 e. The molecule has 5 heteroatoms. The van der Waals surface area contributed by atoms with Crippen molar-refractivity contribution in [1.82, 2.24) is 0 Å². The molecule has 106 valence electrons. The zero-order chi connectivity index (χ0) is 14.4. The average molecular weight is 287 g/mol. The molecule has 1 atom stereocenters. The Bertz CT molecular complexity index is 417. The van der Waals surface area contributed by atoms with E-state index in [1.165, 1.54) is 18.2 Å². The number of carbonyl (C=O) groups is 1. The van der Waals surface area contributed by atoms with Gasteiger partial charge in [0.1, 0.15) is 5.82 Å². The molecule has 0 saturated carbocycles. The van der Waals surface area contributed by atoms with Crippen LogP contribution < -0.4 is 11.1 Å². The summed E-state index contributed by atoms with van der Waals surface area (Å²) in [6.45, 7) is 4.65. The number of nitrogens with two attached hydrogens (primary N) is 1. The second-order valence-corrected chi connectivity index (χ2v) is 5.58. The summed E-state index contributed by atoms with van der Waals surface area (Å²) in [6, 6.07) is 3.95. The van der Waals surface area contributed by atoms with Crippen molar-refractivity contribution < 1.29 is 9.18 Å². The molecule has 0 bridgehead atoms. The van der Waals surface area contributed by atoms with Crippen molar-refractivity contribution in [2.45, 2.75) is 26.7 Å². The van der Waals surface area contributed by atoms with Crippen LogP contribution in [0.5, 0.6) is 0 Å². The maximum absolute atomic E-state index is 13.1. The van der Waals surface area contributed by atoms with Crippen LogP contribution in [0.1, 0.15) is 26.7 Å². The normalized spacial score (nSPS) is 12.5. The highest BCUT2D eigenvalue weighted by atomic mass is 35.5. The molecule has 0 spiro atoms. The average Bonchev–Trinajstić information content (AvgIpc) is 2.25. The van der Waals surface area contributed by atoms with Gasteiger partial charge in [-0.05, 0) is 43.0 Å². The van der Waals surface area contributed by atoms with E-state index in [1.54, 1.807) is 0 Å². The van der Waals surface area contributed by atoms with Gasteiger partial charge in [0.25, 0.3) is 0 Å². The van der Waals surface area contributed by atoms with Gasteiger partial charge in [-0.2, -0.15) is 0 Å². The zero-order valence-corrected chi connectivity index (χ0v) is 12.0. The smallest absolute Gasteiger partial charge is 0.224 e. The van der Waals surface area contributed by atoms with E-state index in [2.05, 4.69) is 19.2 Å². The van der Waals surface area contributed by atoms with Crippen molar-refractivity contribution in [3.63, 3.8) is 0 Å². The van der Waals surface area contributed by atoms with E-state index in [0.717, 1.165) is 6.42 Å². The summed E-state index contributed by atoms with van der Waals surface area (Å²) in [4.78, 5) is 11.9. The lowest BCUT2D eigenvalue weighted by Crippen LogP contribution is -2.23. The summed E-state index contributed by atoms with van der Waals surface area (Å²) < 4.78 is 13.1. The first-order chi connectivity index (χ1) is 8.90. The third kappa shape index (κ3) is 6.03. The molecule has 0 saturated heterocycles. The van der Waals surface area contributed by atoms with E-state index in [0.29, 0.717) is 24.6 Å². The minimum absolute atomic E-state index is 0.143. The van der Waals surface area contributed by atoms with Crippen molar-refractivity contribution in [3.8, 4) is 0 Å². The molecule has 19 heavy (non-hydrogen) atoms. The van der Waals surface area contributed by atoms with Gasteiger partial charge in [0.05, 0.1) is 0 Å². The first-order valence-electron chi connectivity index (χ1n) is 6.36. The highest BCUT2D eigenvalue weighted by Gasteiger charge is 2.14. The van der Waals surface area contributed by atoms with Crippen molar-refractivity contribution >= 4 is 23.2 Å². The highest BCUT2D eigenvalue weighted by Crippen LogP contribution is 2.19. The molecule has 0 unspecified atom stereocenters. The number of halogens is 2. The van der Waals surface area contributed by atoms with Gasteiger partial charge in [-0.1, -0.05) is 25.4 Å². The van der Waals surface area contributed by atoms with E-state index >= 15 is 0 Å². The molecule has 0 aromatic heterocycles. The Balaban J connectivity index is 2.58. The third-order valence-electron chi connectivity index (χ3n) is 2.76. The molecule has 0 radical (unpaired) electrons. The van der Waals surface area contributed by atoms with Gasteiger partial charge < -0.3 is 11.1 Å². The zero-order valence-electron chi connectivity index (χ0n) is 11.2. The quantitative estimate of drug-likeness (QED) is 0.842. The molecule has 0 aliphatic carbocycles. The van der Waals surface area contributed by atoms with E-state index in [4.69, 9.17) is 17.3 Å². The van der Waals surface area contributed by atoms with Crippen LogP contribution in [-0.4, -0.2) is 12.5 Å². The number of nitrogens with one attached hydrogen (secondary N) is 1. The fourth-order valence-electron chi connectivity index (χ4n) is 2.03. The van der Waals surface area contributed by atoms with Crippen LogP contribution in [0.25, 0.3) is 0 Å². The Morgan fingerprint density at radius 1 is 1.42 bits per heavy atom. The summed E-state index contributed by atoms with van der Waals surface area (Å²) in [5.41, 5.74) is 6.02. The Morgan fingerprint density at radius 2 is 2.11 bits per heavy atom. The molecular formula is C14H20ClFN2O. The maximum atomic E-state index is 13.1. The molecule has 1 rings (SSSR count). The van der Waals surface area contributed by atoms with Crippen molar-refractivity contribution in [2.24, 2.45) is 17.6 Å². The van der Waals surface area contributed by atoms with E-state index in [9.17, 15) is 9.18 Å². The lowest BCUT2D eigenvalue weighted by molar-refractivity contribution is -0.117. The van der Waals surface area contributed by atoms with Gasteiger partial charge >= 0.3 is 0 Å². The first kappa shape index (κ1) is 15.9. The number of amides is 1. The van der Waals surface area contributed by atoms with E-state index in [1.807, 2.05) is 0 Å². The Kier molecular flexibility index (Phi) is 6.25. The predicted octanol–water partition coefficient (Wildman–Crippen LogP) is 3.43. The number of carbonyl (C=O) groups excluding carboxylic acids is 1. The topological polar surface area (TPSA) is 55.1 Å². The fraction of sp³-hybridized carbons (Fsp3) is 0.500. The van der Waals surface area contributed by atoms with Crippen molar-refractivity contribution in [1.29, 1.82) is 0 Å². The Hall–Kier alpha value is -1.13. The summed E-state index contributed by atoms with van der Waals surface area (Å²) in [5.74, 6) is -0.00730. The molecule has 0 aliphatic rings. The molecule has 1 aromatic carbocycles. The Labute approximate surface area is 118 Å². The van der Waals surface area contributed by atoms with Crippen LogP contribution in [0, 0.1) is 17.7 Å². The van der Waals surface area contributed by atoms with Gasteiger partial charge in [0.2, 0.25) is 5.91 Å². The second kappa shape index (κ2) is 7.46. The standard InChI is InChI=1S/C14H20ClFN2O/c1-9(2)3-10(8-17)4-14(19)18-13-6-11(15)5-12(16)7-13/h5-7,9-10H,3-4,8,17H2,1-2H3,(H,18,19)/t10-/m0/s1. The number of benzene rings is 1. The fourth-order valence-corrected chi connectivity index (χ4v) is 2.25. The van der Waals surface area contributed by atoms with Crippen molar-refractivity contribution in [2.75, 3.05) is 11.9 Å². The molecule has 3 N–H and O–H groups in total. The van der Waals surface area contributed by atoms with Crippen LogP contribution in [0.2, 0.25) is 5.02 Å². The summed E-state index contributed by atoms with van der Waals surface area (Å²) in [7, 11) is 0. The molecule has 1 aromatic rings. The summed E-state index contributed by atoms with van der Waals surface area (Å²) >= 11 is 5.72. The predicted molar refractivity (Wildman–Crippen MR) is 76.7 cm³/mol. The lowest BCUT2D eigenvalue weighted by Gasteiger charge is -2.16. The maximum Gasteiger partial charge on any atom is 0.224 e. The molecular weight excluding hydrogens is 267 g/mol. The van der Waals surface area contributed by atoms with Crippen LogP contribution >= 0.6 is 11.6 Å². The van der Waals surface area contributed by atoms with Gasteiger partial charge in [-0.15, -0.1) is 0 Å². The lowest BCUT2D eigenvalue weighted by atomic mass is 9.94. The van der Waals surface area contributed by atoms with E-state index in [-0.39, 0.29) is 16.8 Å². The summed E-state index contributed by atoms with van der Waals surface area (Å²) in [6.07, 6.45) is 1.23. The van der Waals surface area contributed by atoms with Gasteiger partial charge in [0, 0.05) is 17.1 Å². The summed E-state index contributed by atoms with van der Waals surface area (Å²) in [5, 5.41) is 2.90. The first-order valence-corrected chi connectivity index (χ1v) is 6.74. The van der Waals surface area contributed by atoms with Crippen molar-refractivity contribution in [3.05, 3.63) is 29.0 Å². The van der Waals surface area contributed by atoms with Crippen LogP contribution in [0.3, 0.4) is 0 Å². The second-order valence-electron chi connectivity index (χ2n) is 5.14. The number of hydrogen-bond donors (Lipinski definition) is 2. The highest BCUT2D eigenvalue weighted by molar-refractivity contribution is 6.30. The SMILES string of the molecule is CC(C)C[C@H](CN)CC(=O)Nc1cc(F)cc(Cl)c1. The number of rotatable bonds is 6. The van der Waals surface area contributed by atoms with Crippen LogP contribution in [0.4, 0.5) is 10.1 Å². The monoisotopic (exact) mass is 286 g/mol. The molecule has 3 nitrogen and oxygen atoms in total. The number of hydrogen-bond acceptors (Lipinski definition) is 2. The number of anilines is 1. The molecule has 0 fully saturated rings.